The van der Waals surface area contributed by atoms with Gasteiger partial charge in [0.1, 0.15) is 0 Å². The first-order valence-corrected chi connectivity index (χ1v) is 5.55. The van der Waals surface area contributed by atoms with Gasteiger partial charge < -0.3 is 0 Å². The van der Waals surface area contributed by atoms with Gasteiger partial charge in [-0.3, -0.25) is 4.74 Å². The lowest BCUT2D eigenvalue weighted by Gasteiger charge is -2.18. The Balaban J connectivity index is 2.67. The van der Waals surface area contributed by atoms with Gasteiger partial charge in [-0.25, -0.2) is 0 Å². The van der Waals surface area contributed by atoms with Gasteiger partial charge in [-0.2, -0.15) is 22.0 Å². The molecule has 1 saturated heterocycles. The zero-order valence-corrected chi connectivity index (χ0v) is 9.72. The first kappa shape index (κ1) is 12.6. The maximum atomic E-state index is 12.9. The van der Waals surface area contributed by atoms with Crippen molar-refractivity contribution < 1.29 is 26.7 Å². The highest BCUT2D eigenvalue weighted by Crippen LogP contribution is 2.61. The molecule has 0 saturated carbocycles. The Labute approximate surface area is 93.2 Å². The van der Waals surface area contributed by atoms with Gasteiger partial charge in [0.05, 0.1) is 0 Å². The smallest absolute Gasteiger partial charge is 0.265 e. The molecule has 1 heterocycles. The third-order valence-corrected chi connectivity index (χ3v) is 4.02. The van der Waals surface area contributed by atoms with Gasteiger partial charge >= 0.3 is 17.9 Å². The van der Waals surface area contributed by atoms with Gasteiger partial charge in [0, 0.05) is 16.6 Å². The molecule has 0 aromatic rings. The van der Waals surface area contributed by atoms with Crippen LogP contribution >= 0.6 is 31.9 Å². The molecule has 1 fully saturated rings. The summed E-state index contributed by atoms with van der Waals surface area (Å²) in [6.07, 6.45) is -5.44. The highest BCUT2D eigenvalue weighted by molar-refractivity contribution is 9.12. The minimum Gasteiger partial charge on any atom is -0.265 e. The number of rotatable bonds is 4. The Bertz CT molecular complexity index is 236. The Morgan fingerprint density at radius 3 is 2.00 bits per heavy atom. The molecule has 0 N–H and O–H groups in total. The summed E-state index contributed by atoms with van der Waals surface area (Å²) in [5, 5.41) is 0.101. The van der Waals surface area contributed by atoms with Gasteiger partial charge in [-0.1, -0.05) is 31.9 Å². The molecule has 8 heteroatoms. The van der Waals surface area contributed by atoms with Gasteiger partial charge in [0.2, 0.25) is 0 Å². The second-order valence-corrected chi connectivity index (χ2v) is 4.82. The summed E-state index contributed by atoms with van der Waals surface area (Å²) >= 11 is 5.63. The van der Waals surface area contributed by atoms with Crippen molar-refractivity contribution in [3.63, 3.8) is 0 Å². The molecule has 0 bridgehead atoms. The molecule has 0 aliphatic carbocycles. The molecule has 2 unspecified atom stereocenters. The Morgan fingerprint density at radius 1 is 1.29 bits per heavy atom. The molecule has 0 amide bonds. The summed E-state index contributed by atoms with van der Waals surface area (Å²) in [6.45, 7) is 0. The second kappa shape index (κ2) is 3.55. The minimum absolute atomic E-state index is 0.101. The topological polar surface area (TPSA) is 12.5 Å². The fourth-order valence-corrected chi connectivity index (χ4v) is 1.54. The van der Waals surface area contributed by atoms with E-state index in [0.29, 0.717) is 0 Å². The summed E-state index contributed by atoms with van der Waals surface area (Å²) in [4.78, 5) is -0.801. The van der Waals surface area contributed by atoms with E-state index in [1.165, 1.54) is 0 Å². The van der Waals surface area contributed by atoms with E-state index in [-0.39, 0.29) is 5.33 Å². The number of halogens is 7. The van der Waals surface area contributed by atoms with Crippen LogP contribution in [-0.4, -0.2) is 28.0 Å². The summed E-state index contributed by atoms with van der Waals surface area (Å²) < 4.78 is 66.0. The lowest BCUT2D eigenvalue weighted by atomic mass is 10.1. The average molecular weight is 348 g/mol. The molecule has 1 aliphatic heterocycles. The number of ether oxygens (including phenoxy) is 1. The van der Waals surface area contributed by atoms with Crippen LogP contribution in [0.3, 0.4) is 0 Å². The molecule has 14 heavy (non-hydrogen) atoms. The summed E-state index contributed by atoms with van der Waals surface area (Å²) in [5.41, 5.74) is 0. The van der Waals surface area contributed by atoms with Crippen LogP contribution in [0.1, 0.15) is 6.42 Å². The fraction of sp³-hybridized carbons (Fsp3) is 1.00. The van der Waals surface area contributed by atoms with Crippen molar-refractivity contribution in [1.29, 1.82) is 0 Å². The van der Waals surface area contributed by atoms with E-state index >= 15 is 0 Å². The van der Waals surface area contributed by atoms with Crippen LogP contribution in [0.4, 0.5) is 22.0 Å². The molecule has 1 nitrogen and oxygen atoms in total. The number of hydrogen-bond donors (Lipinski definition) is 0. The van der Waals surface area contributed by atoms with Crippen molar-refractivity contribution in [3.8, 4) is 0 Å². The quantitative estimate of drug-likeness (QED) is 0.431. The van der Waals surface area contributed by atoms with E-state index < -0.39 is 29.1 Å². The zero-order chi connectivity index (χ0) is 11.2. The highest BCUT2D eigenvalue weighted by atomic mass is 79.9. The third kappa shape index (κ3) is 1.92. The molecule has 2 atom stereocenters. The van der Waals surface area contributed by atoms with Crippen molar-refractivity contribution >= 4 is 31.9 Å². The molecule has 0 aromatic heterocycles. The van der Waals surface area contributed by atoms with E-state index in [2.05, 4.69) is 36.6 Å². The molecule has 0 aromatic carbocycles. The second-order valence-electron chi connectivity index (χ2n) is 2.87. The predicted octanol–water partition coefficient (Wildman–Crippen LogP) is 3.46. The molecule has 1 aliphatic rings. The monoisotopic (exact) mass is 346 g/mol. The summed E-state index contributed by atoms with van der Waals surface area (Å²) in [5.74, 6) is -8.35. The van der Waals surface area contributed by atoms with Crippen LogP contribution in [0.2, 0.25) is 0 Å². The largest absolute Gasteiger partial charge is 0.424 e. The molecule has 0 spiro atoms. The van der Waals surface area contributed by atoms with Crippen LogP contribution < -0.4 is 0 Å². The van der Waals surface area contributed by atoms with E-state index in [0.717, 1.165) is 0 Å². The highest BCUT2D eigenvalue weighted by Gasteiger charge is 2.88. The van der Waals surface area contributed by atoms with Gasteiger partial charge in [0.25, 0.3) is 0 Å². The Kier molecular flexibility index (Phi) is 3.21. The molecule has 1 rings (SSSR count). The first-order valence-electron chi connectivity index (χ1n) is 3.51. The molecule has 0 radical (unpaired) electrons. The van der Waals surface area contributed by atoms with Crippen molar-refractivity contribution in [2.24, 2.45) is 0 Å². The van der Waals surface area contributed by atoms with E-state index in [1.807, 2.05) is 0 Å². The van der Waals surface area contributed by atoms with Crippen molar-refractivity contribution in [1.82, 2.24) is 0 Å². The summed E-state index contributed by atoms with van der Waals surface area (Å²) in [6, 6.07) is 0. The van der Waals surface area contributed by atoms with Gasteiger partial charge in [-0.05, 0) is 0 Å². The van der Waals surface area contributed by atoms with Crippen molar-refractivity contribution in [2.75, 3.05) is 5.33 Å². The van der Waals surface area contributed by atoms with Crippen LogP contribution in [0.25, 0.3) is 0 Å². The zero-order valence-electron chi connectivity index (χ0n) is 6.55. The standard InChI is InChI=1S/C6H5Br2F5O/c7-2-3(8)1-4(9,10)5(11)6(12,13)14-5/h3H,1-2H2. The minimum atomic E-state index is -4.38. The number of hydrogen-bond acceptors (Lipinski definition) is 1. The molecular formula is C6H5Br2F5O. The fourth-order valence-electron chi connectivity index (χ4n) is 0.903. The normalized spacial score (nSPS) is 32.8. The number of epoxide rings is 1. The predicted molar refractivity (Wildman–Crippen MR) is 45.9 cm³/mol. The third-order valence-electron chi connectivity index (χ3n) is 1.72. The van der Waals surface area contributed by atoms with Gasteiger partial charge in [-0.15, -0.1) is 0 Å². The van der Waals surface area contributed by atoms with E-state index in [9.17, 15) is 22.0 Å². The van der Waals surface area contributed by atoms with Crippen molar-refractivity contribution in [2.45, 2.75) is 29.1 Å². The maximum absolute atomic E-state index is 12.9. The Hall–Kier alpha value is 0.570. The maximum Gasteiger partial charge on any atom is 0.424 e. The number of alkyl halides is 7. The lowest BCUT2D eigenvalue weighted by molar-refractivity contribution is -0.146. The average Bonchev–Trinajstić information content (AvgIpc) is 2.52. The van der Waals surface area contributed by atoms with E-state index in [1.54, 1.807) is 0 Å². The van der Waals surface area contributed by atoms with Crippen LogP contribution in [0, 0.1) is 0 Å². The van der Waals surface area contributed by atoms with Crippen molar-refractivity contribution in [3.05, 3.63) is 0 Å². The first-order chi connectivity index (χ1) is 6.16. The van der Waals surface area contributed by atoms with Crippen LogP contribution in [0.5, 0.6) is 0 Å². The molecule has 84 valence electrons. The Morgan fingerprint density at radius 2 is 1.71 bits per heavy atom. The van der Waals surface area contributed by atoms with Crippen LogP contribution in [0.15, 0.2) is 0 Å². The summed E-state index contributed by atoms with van der Waals surface area (Å²) in [7, 11) is 0. The van der Waals surface area contributed by atoms with Gasteiger partial charge in [0.15, 0.2) is 0 Å². The molecular weight excluding hydrogens is 343 g/mol. The SMILES string of the molecule is FC(F)(CC(Br)CBr)C1(F)OC1(F)F. The van der Waals surface area contributed by atoms with E-state index in [4.69, 9.17) is 0 Å². The van der Waals surface area contributed by atoms with Crippen LogP contribution in [-0.2, 0) is 4.74 Å². The lowest BCUT2D eigenvalue weighted by Crippen LogP contribution is -2.39.